The van der Waals surface area contributed by atoms with E-state index in [-0.39, 0.29) is 18.6 Å². The first-order valence-electron chi connectivity index (χ1n) is 11.5. The van der Waals surface area contributed by atoms with Gasteiger partial charge >= 0.3 is 6.09 Å². The van der Waals surface area contributed by atoms with Crippen LogP contribution < -0.4 is 15.1 Å². The molecule has 2 amide bonds. The van der Waals surface area contributed by atoms with E-state index in [1.807, 2.05) is 72.8 Å². The standard InChI is InChI=1S/C26H29N5O4S/c1-30-12-13-31(24(32)21-15-27-25(36-3)29-23(21)30)20-11-7-8-18(14-20)17-35-22(16-28-26(33)34-2)19-9-5-4-6-10-19/h4-11,14-15,22H,12-13,16-17H2,1-3H3,(H,28,33). The van der Waals surface area contributed by atoms with Crippen molar-refractivity contribution in [2.24, 2.45) is 0 Å². The van der Waals surface area contributed by atoms with Crippen LogP contribution in [0.1, 0.15) is 27.6 Å². The van der Waals surface area contributed by atoms with Crippen LogP contribution in [-0.4, -0.2) is 62.0 Å². The molecular weight excluding hydrogens is 478 g/mol. The number of nitrogens with zero attached hydrogens (tertiary/aromatic N) is 4. The number of rotatable bonds is 8. The number of thioether (sulfide) groups is 1. The van der Waals surface area contributed by atoms with E-state index in [4.69, 9.17) is 9.47 Å². The minimum Gasteiger partial charge on any atom is -0.453 e. The van der Waals surface area contributed by atoms with Gasteiger partial charge in [0.2, 0.25) is 0 Å². The maximum atomic E-state index is 13.5. The molecule has 1 N–H and O–H groups in total. The maximum Gasteiger partial charge on any atom is 0.406 e. The SMILES string of the molecule is COC(=O)NCC(OCc1cccc(N2CCN(C)c3nc(SC)ncc3C2=O)c1)c1ccccc1. The lowest BCUT2D eigenvalue weighted by atomic mass is 10.1. The molecule has 188 valence electrons. The predicted octanol–water partition coefficient (Wildman–Crippen LogP) is 3.91. The number of hydrogen-bond donors (Lipinski definition) is 1. The number of carbonyl (C=O) groups excluding carboxylic acids is 2. The van der Waals surface area contributed by atoms with Gasteiger partial charge in [-0.05, 0) is 29.5 Å². The summed E-state index contributed by atoms with van der Waals surface area (Å²) in [7, 11) is 3.26. The van der Waals surface area contributed by atoms with Crippen LogP contribution in [-0.2, 0) is 16.1 Å². The zero-order valence-corrected chi connectivity index (χ0v) is 21.3. The molecule has 1 aliphatic rings. The smallest absolute Gasteiger partial charge is 0.406 e. The first kappa shape index (κ1) is 25.5. The van der Waals surface area contributed by atoms with Crippen molar-refractivity contribution in [3.8, 4) is 0 Å². The normalized spacial score (nSPS) is 14.1. The second kappa shape index (κ2) is 11.9. The highest BCUT2D eigenvalue weighted by Gasteiger charge is 2.28. The Morgan fingerprint density at radius 2 is 1.97 bits per heavy atom. The number of carbonyl (C=O) groups is 2. The van der Waals surface area contributed by atoms with Crippen molar-refractivity contribution in [2.75, 3.05) is 49.8 Å². The highest BCUT2D eigenvalue weighted by molar-refractivity contribution is 7.98. The summed E-state index contributed by atoms with van der Waals surface area (Å²) >= 11 is 1.45. The lowest BCUT2D eigenvalue weighted by Gasteiger charge is -2.22. The van der Waals surface area contributed by atoms with Gasteiger partial charge in [-0.2, -0.15) is 0 Å². The second-order valence-corrected chi connectivity index (χ2v) is 9.00. The fourth-order valence-electron chi connectivity index (χ4n) is 3.95. The lowest BCUT2D eigenvalue weighted by molar-refractivity contribution is 0.0393. The minimum absolute atomic E-state index is 0.135. The minimum atomic E-state index is -0.514. The second-order valence-electron chi connectivity index (χ2n) is 8.23. The summed E-state index contributed by atoms with van der Waals surface area (Å²) < 4.78 is 10.9. The Bertz CT molecular complexity index is 1210. The van der Waals surface area contributed by atoms with Gasteiger partial charge in [0.1, 0.15) is 17.5 Å². The quantitative estimate of drug-likeness (QED) is 0.362. The van der Waals surface area contributed by atoms with Crippen molar-refractivity contribution >= 4 is 35.3 Å². The molecule has 10 heteroatoms. The third-order valence-corrected chi connectivity index (χ3v) is 6.45. The predicted molar refractivity (Wildman–Crippen MR) is 140 cm³/mol. The monoisotopic (exact) mass is 507 g/mol. The first-order valence-corrected chi connectivity index (χ1v) is 12.7. The number of anilines is 2. The number of nitrogens with one attached hydrogen (secondary N) is 1. The maximum absolute atomic E-state index is 13.5. The Morgan fingerprint density at radius 3 is 2.72 bits per heavy atom. The molecule has 1 aromatic heterocycles. The molecule has 4 rings (SSSR count). The number of hydrogen-bond acceptors (Lipinski definition) is 8. The summed E-state index contributed by atoms with van der Waals surface area (Å²) in [5.74, 6) is 0.509. The molecule has 0 aliphatic carbocycles. The fraction of sp³-hybridized carbons (Fsp3) is 0.308. The summed E-state index contributed by atoms with van der Waals surface area (Å²) in [6.45, 7) is 1.72. The summed E-state index contributed by atoms with van der Waals surface area (Å²) in [6, 6.07) is 17.4. The number of fused-ring (bicyclic) bond motifs is 1. The van der Waals surface area contributed by atoms with Crippen LogP contribution in [0.25, 0.3) is 0 Å². The van der Waals surface area contributed by atoms with E-state index in [9.17, 15) is 9.59 Å². The molecule has 0 spiro atoms. The van der Waals surface area contributed by atoms with E-state index in [0.29, 0.717) is 36.2 Å². The van der Waals surface area contributed by atoms with Gasteiger partial charge in [0.15, 0.2) is 5.16 Å². The van der Waals surface area contributed by atoms with Crippen molar-refractivity contribution in [1.82, 2.24) is 15.3 Å². The van der Waals surface area contributed by atoms with Gasteiger partial charge in [0.05, 0.1) is 20.3 Å². The summed E-state index contributed by atoms with van der Waals surface area (Å²) in [5.41, 5.74) is 3.11. The molecule has 3 aromatic rings. The van der Waals surface area contributed by atoms with Crippen LogP contribution in [0.15, 0.2) is 66.0 Å². The molecule has 0 saturated heterocycles. The summed E-state index contributed by atoms with van der Waals surface area (Å²) in [6.07, 6.45) is 2.64. The Hall–Kier alpha value is -3.63. The average molecular weight is 508 g/mol. The fourth-order valence-corrected chi connectivity index (χ4v) is 4.28. The number of ether oxygens (including phenoxy) is 2. The van der Waals surface area contributed by atoms with Gasteiger partial charge in [-0.3, -0.25) is 4.79 Å². The van der Waals surface area contributed by atoms with Crippen molar-refractivity contribution in [3.63, 3.8) is 0 Å². The van der Waals surface area contributed by atoms with E-state index in [1.54, 1.807) is 11.1 Å². The molecule has 1 unspecified atom stereocenters. The van der Waals surface area contributed by atoms with E-state index >= 15 is 0 Å². The molecule has 1 atom stereocenters. The van der Waals surface area contributed by atoms with Crippen LogP contribution in [0.3, 0.4) is 0 Å². The molecule has 1 aliphatic heterocycles. The van der Waals surface area contributed by atoms with E-state index in [2.05, 4.69) is 15.3 Å². The average Bonchev–Trinajstić information content (AvgIpc) is 3.04. The lowest BCUT2D eigenvalue weighted by Crippen LogP contribution is -2.33. The Kier molecular flexibility index (Phi) is 8.40. The topological polar surface area (TPSA) is 96.9 Å². The van der Waals surface area contributed by atoms with Gasteiger partial charge in [0.25, 0.3) is 5.91 Å². The third-order valence-electron chi connectivity index (χ3n) is 5.89. The van der Waals surface area contributed by atoms with Crippen LogP contribution in [0, 0.1) is 0 Å². The van der Waals surface area contributed by atoms with E-state index in [1.165, 1.54) is 18.9 Å². The highest BCUT2D eigenvalue weighted by Crippen LogP contribution is 2.28. The molecule has 36 heavy (non-hydrogen) atoms. The summed E-state index contributed by atoms with van der Waals surface area (Å²) in [5, 5.41) is 3.34. The Labute approximate surface area is 214 Å². The third kappa shape index (κ3) is 5.95. The molecule has 2 heterocycles. The van der Waals surface area contributed by atoms with Crippen LogP contribution in [0.5, 0.6) is 0 Å². The number of likely N-dealkylation sites (N-methyl/N-ethyl adjacent to an activating group) is 1. The molecular formula is C26H29N5O4S. The van der Waals surface area contributed by atoms with Crippen LogP contribution in [0.2, 0.25) is 0 Å². The first-order chi connectivity index (χ1) is 17.5. The highest BCUT2D eigenvalue weighted by atomic mass is 32.2. The van der Waals surface area contributed by atoms with Gasteiger partial charge in [-0.15, -0.1) is 0 Å². The van der Waals surface area contributed by atoms with Gasteiger partial charge in [-0.25, -0.2) is 14.8 Å². The van der Waals surface area contributed by atoms with Gasteiger partial charge < -0.3 is 24.6 Å². The molecule has 2 aromatic carbocycles. The molecule has 0 bridgehead atoms. The number of aromatic nitrogens is 2. The Balaban J connectivity index is 1.52. The largest absolute Gasteiger partial charge is 0.453 e. The van der Waals surface area contributed by atoms with Crippen LogP contribution in [0.4, 0.5) is 16.3 Å². The zero-order valence-electron chi connectivity index (χ0n) is 20.5. The number of methoxy groups -OCH3 is 1. The van der Waals surface area contributed by atoms with E-state index < -0.39 is 6.09 Å². The molecule has 0 saturated carbocycles. The van der Waals surface area contributed by atoms with Crippen molar-refractivity contribution in [1.29, 1.82) is 0 Å². The van der Waals surface area contributed by atoms with Crippen LogP contribution >= 0.6 is 11.8 Å². The molecule has 9 nitrogen and oxygen atoms in total. The number of amides is 2. The van der Waals surface area contributed by atoms with E-state index in [0.717, 1.165) is 16.8 Å². The van der Waals surface area contributed by atoms with Gasteiger partial charge in [-0.1, -0.05) is 54.2 Å². The number of benzene rings is 2. The van der Waals surface area contributed by atoms with Crippen molar-refractivity contribution in [2.45, 2.75) is 17.9 Å². The molecule has 0 fully saturated rings. The van der Waals surface area contributed by atoms with Gasteiger partial charge in [0, 0.05) is 32.0 Å². The van der Waals surface area contributed by atoms with Crippen molar-refractivity contribution in [3.05, 3.63) is 77.5 Å². The number of alkyl carbamates (subject to hydrolysis) is 1. The summed E-state index contributed by atoms with van der Waals surface area (Å²) in [4.78, 5) is 37.7. The zero-order chi connectivity index (χ0) is 25.5. The Morgan fingerprint density at radius 1 is 1.17 bits per heavy atom. The molecule has 0 radical (unpaired) electrons. The van der Waals surface area contributed by atoms with Crippen molar-refractivity contribution < 1.29 is 19.1 Å².